The first-order valence-corrected chi connectivity index (χ1v) is 5.05. The van der Waals surface area contributed by atoms with Gasteiger partial charge in [0.2, 0.25) is 0 Å². The third-order valence-electron chi connectivity index (χ3n) is 3.17. The summed E-state index contributed by atoms with van der Waals surface area (Å²) in [7, 11) is 2.09. The Hall–Kier alpha value is -0.0800. The fourth-order valence-electron chi connectivity index (χ4n) is 2.37. The van der Waals surface area contributed by atoms with Gasteiger partial charge in [0.1, 0.15) is 0 Å². The van der Waals surface area contributed by atoms with Crippen molar-refractivity contribution in [2.45, 2.75) is 32.8 Å². The van der Waals surface area contributed by atoms with Crippen LogP contribution in [0.5, 0.6) is 0 Å². The molecule has 1 rings (SSSR count). The fraction of sp³-hybridized carbons (Fsp3) is 1.00. The Morgan fingerprint density at radius 2 is 1.92 bits per heavy atom. The average Bonchev–Trinajstić information content (AvgIpc) is 2.34. The summed E-state index contributed by atoms with van der Waals surface area (Å²) in [6, 6.07) is 0. The molecule has 12 heavy (non-hydrogen) atoms. The summed E-state index contributed by atoms with van der Waals surface area (Å²) < 4.78 is 0. The zero-order valence-electron chi connectivity index (χ0n) is 8.45. The lowest BCUT2D eigenvalue weighted by molar-refractivity contribution is 0.108. The van der Waals surface area contributed by atoms with E-state index in [9.17, 15) is 5.11 Å². The van der Waals surface area contributed by atoms with E-state index >= 15 is 0 Å². The minimum Gasteiger partial charge on any atom is -0.391 e. The third kappa shape index (κ3) is 1.99. The monoisotopic (exact) mass is 171 g/mol. The molecule has 0 aromatic rings. The number of rotatable bonds is 3. The van der Waals surface area contributed by atoms with Crippen LogP contribution in [-0.4, -0.2) is 36.2 Å². The predicted octanol–water partition coefficient (Wildman–Crippen LogP) is 1.35. The number of aliphatic hydroxyl groups is 1. The van der Waals surface area contributed by atoms with E-state index in [1.165, 1.54) is 12.8 Å². The lowest BCUT2D eigenvalue weighted by atomic mass is 9.86. The van der Waals surface area contributed by atoms with Crippen LogP contribution in [0.4, 0.5) is 0 Å². The summed E-state index contributed by atoms with van der Waals surface area (Å²) in [6.45, 7) is 6.38. The molecule has 0 spiro atoms. The highest BCUT2D eigenvalue weighted by Crippen LogP contribution is 2.28. The maximum absolute atomic E-state index is 9.75. The van der Waals surface area contributed by atoms with Gasteiger partial charge in [-0.2, -0.15) is 0 Å². The van der Waals surface area contributed by atoms with Crippen molar-refractivity contribution in [2.24, 2.45) is 11.8 Å². The van der Waals surface area contributed by atoms with Crippen molar-refractivity contribution in [2.75, 3.05) is 20.1 Å². The van der Waals surface area contributed by atoms with Crippen LogP contribution in [0.3, 0.4) is 0 Å². The summed E-state index contributed by atoms with van der Waals surface area (Å²) in [5.74, 6) is 1.23. The maximum Gasteiger partial charge on any atom is 0.0709 e. The topological polar surface area (TPSA) is 23.5 Å². The number of hydrogen-bond acceptors (Lipinski definition) is 2. The second-order valence-corrected chi connectivity index (χ2v) is 4.03. The Balaban J connectivity index is 2.50. The van der Waals surface area contributed by atoms with Crippen LogP contribution in [0.15, 0.2) is 0 Å². The molecule has 2 nitrogen and oxygen atoms in total. The van der Waals surface area contributed by atoms with E-state index in [1.807, 2.05) is 0 Å². The molecule has 0 saturated carbocycles. The number of nitrogens with zero attached hydrogens (tertiary/aromatic N) is 1. The van der Waals surface area contributed by atoms with Gasteiger partial charge in [-0.1, -0.05) is 26.7 Å². The highest BCUT2D eigenvalue weighted by Gasteiger charge is 2.33. The zero-order valence-corrected chi connectivity index (χ0v) is 8.45. The molecule has 1 aliphatic heterocycles. The maximum atomic E-state index is 9.75. The lowest BCUT2D eigenvalue weighted by Crippen LogP contribution is -2.25. The second kappa shape index (κ2) is 4.24. The first kappa shape index (κ1) is 10.0. The average molecular weight is 171 g/mol. The third-order valence-corrected chi connectivity index (χ3v) is 3.17. The minimum atomic E-state index is -0.0834. The molecule has 0 bridgehead atoms. The first-order chi connectivity index (χ1) is 5.69. The summed E-state index contributed by atoms with van der Waals surface area (Å²) in [6.07, 6.45) is 2.32. The van der Waals surface area contributed by atoms with Crippen molar-refractivity contribution in [1.29, 1.82) is 0 Å². The van der Waals surface area contributed by atoms with Crippen LogP contribution in [0, 0.1) is 11.8 Å². The SMILES string of the molecule is CCC(CC)[C@H]1CN(C)C[C@@H]1O. The number of aliphatic hydroxyl groups excluding tert-OH is 1. The normalized spacial score (nSPS) is 31.8. The van der Waals surface area contributed by atoms with E-state index in [0.29, 0.717) is 11.8 Å². The summed E-state index contributed by atoms with van der Waals surface area (Å²) in [5, 5.41) is 9.75. The van der Waals surface area contributed by atoms with Gasteiger partial charge >= 0.3 is 0 Å². The Bertz CT molecular complexity index is 134. The van der Waals surface area contributed by atoms with Crippen molar-refractivity contribution in [3.63, 3.8) is 0 Å². The van der Waals surface area contributed by atoms with Gasteiger partial charge in [-0.25, -0.2) is 0 Å². The number of likely N-dealkylation sites (tertiary alicyclic amines) is 1. The van der Waals surface area contributed by atoms with Crippen molar-refractivity contribution in [1.82, 2.24) is 4.90 Å². The minimum absolute atomic E-state index is 0.0834. The van der Waals surface area contributed by atoms with Crippen LogP contribution in [0.25, 0.3) is 0 Å². The van der Waals surface area contributed by atoms with Gasteiger partial charge in [-0.05, 0) is 13.0 Å². The Labute approximate surface area is 75.6 Å². The molecule has 0 unspecified atom stereocenters. The molecule has 0 radical (unpaired) electrons. The number of β-amino-alcohol motifs (C(OH)–C–C–N with tert-alkyl or cyclic N) is 1. The summed E-state index contributed by atoms with van der Waals surface area (Å²) >= 11 is 0. The van der Waals surface area contributed by atoms with E-state index in [1.54, 1.807) is 0 Å². The summed E-state index contributed by atoms with van der Waals surface area (Å²) in [4.78, 5) is 2.23. The lowest BCUT2D eigenvalue weighted by Gasteiger charge is -2.22. The molecular formula is C10H21NO. The Morgan fingerprint density at radius 1 is 1.33 bits per heavy atom. The quantitative estimate of drug-likeness (QED) is 0.693. The highest BCUT2D eigenvalue weighted by atomic mass is 16.3. The number of hydrogen-bond donors (Lipinski definition) is 1. The molecule has 1 heterocycles. The molecule has 0 aromatic heterocycles. The van der Waals surface area contributed by atoms with E-state index < -0.39 is 0 Å². The van der Waals surface area contributed by atoms with Crippen LogP contribution in [0.1, 0.15) is 26.7 Å². The molecule has 0 amide bonds. The first-order valence-electron chi connectivity index (χ1n) is 5.05. The molecule has 0 aliphatic carbocycles. The van der Waals surface area contributed by atoms with E-state index in [4.69, 9.17) is 0 Å². The number of likely N-dealkylation sites (N-methyl/N-ethyl adjacent to an activating group) is 1. The Kier molecular flexibility index (Phi) is 3.53. The van der Waals surface area contributed by atoms with E-state index in [0.717, 1.165) is 13.1 Å². The van der Waals surface area contributed by atoms with Gasteiger partial charge in [0.15, 0.2) is 0 Å². The molecular weight excluding hydrogens is 150 g/mol. The van der Waals surface area contributed by atoms with Crippen molar-refractivity contribution >= 4 is 0 Å². The van der Waals surface area contributed by atoms with Crippen LogP contribution >= 0.6 is 0 Å². The Morgan fingerprint density at radius 3 is 2.25 bits per heavy atom. The van der Waals surface area contributed by atoms with Crippen LogP contribution < -0.4 is 0 Å². The van der Waals surface area contributed by atoms with Gasteiger partial charge in [-0.3, -0.25) is 0 Å². The van der Waals surface area contributed by atoms with Crippen molar-refractivity contribution < 1.29 is 5.11 Å². The van der Waals surface area contributed by atoms with Crippen LogP contribution in [-0.2, 0) is 0 Å². The van der Waals surface area contributed by atoms with Gasteiger partial charge in [0.05, 0.1) is 6.10 Å². The molecule has 72 valence electrons. The predicted molar refractivity (Wildman–Crippen MR) is 51.1 cm³/mol. The van der Waals surface area contributed by atoms with Crippen molar-refractivity contribution in [3.05, 3.63) is 0 Å². The van der Waals surface area contributed by atoms with Gasteiger partial charge in [0.25, 0.3) is 0 Å². The summed E-state index contributed by atoms with van der Waals surface area (Å²) in [5.41, 5.74) is 0. The molecule has 1 N–H and O–H groups in total. The molecule has 2 heteroatoms. The molecule has 1 saturated heterocycles. The molecule has 1 aliphatic rings. The fourth-order valence-corrected chi connectivity index (χ4v) is 2.37. The van der Waals surface area contributed by atoms with Gasteiger partial charge in [0, 0.05) is 19.0 Å². The molecule has 2 atom stereocenters. The molecule has 1 fully saturated rings. The largest absolute Gasteiger partial charge is 0.391 e. The zero-order chi connectivity index (χ0) is 9.14. The van der Waals surface area contributed by atoms with Crippen LogP contribution in [0.2, 0.25) is 0 Å². The van der Waals surface area contributed by atoms with Crippen molar-refractivity contribution in [3.8, 4) is 0 Å². The second-order valence-electron chi connectivity index (χ2n) is 4.03. The molecule has 0 aromatic carbocycles. The van der Waals surface area contributed by atoms with Gasteiger partial charge < -0.3 is 10.0 Å². The highest BCUT2D eigenvalue weighted by molar-refractivity contribution is 4.85. The standard InChI is InChI=1S/C10H21NO/c1-4-8(5-2)9-6-11(3)7-10(9)12/h8-10,12H,4-7H2,1-3H3/t9-,10+/m1/s1. The smallest absolute Gasteiger partial charge is 0.0709 e. The van der Waals surface area contributed by atoms with Gasteiger partial charge in [-0.15, -0.1) is 0 Å². The van der Waals surface area contributed by atoms with E-state index in [-0.39, 0.29) is 6.10 Å². The van der Waals surface area contributed by atoms with E-state index in [2.05, 4.69) is 25.8 Å².